The van der Waals surface area contributed by atoms with Crippen LogP contribution in [0.2, 0.25) is 0 Å². The number of oxime groups is 1. The van der Waals surface area contributed by atoms with Crippen LogP contribution in [0, 0.1) is 0 Å². The zero-order valence-corrected chi connectivity index (χ0v) is 12.1. The number of nitrogens with zero attached hydrogens (tertiary/aromatic N) is 2. The smallest absolute Gasteiger partial charge is 0.170 e. The average Bonchev–Trinajstić information content (AvgIpc) is 2.55. The van der Waals surface area contributed by atoms with Crippen LogP contribution < -0.4 is 11.1 Å². The zero-order chi connectivity index (χ0) is 15.1. The highest BCUT2D eigenvalue weighted by Gasteiger charge is 2.06. The first-order valence-corrected chi connectivity index (χ1v) is 6.95. The van der Waals surface area contributed by atoms with Crippen molar-refractivity contribution in [2.24, 2.45) is 10.9 Å². The summed E-state index contributed by atoms with van der Waals surface area (Å²) in [5.74, 6) is 0.125. The van der Waals surface area contributed by atoms with Crippen molar-refractivity contribution in [1.29, 1.82) is 0 Å². The quantitative estimate of drug-likeness (QED) is 0.328. The first-order valence-electron chi connectivity index (χ1n) is 6.95. The number of benzene rings is 1. The van der Waals surface area contributed by atoms with Gasteiger partial charge in [-0.05, 0) is 23.6 Å². The lowest BCUT2D eigenvalue weighted by molar-refractivity contribution is 0.318. The Morgan fingerprint density at radius 1 is 1.19 bits per heavy atom. The molecule has 4 N–H and O–H groups in total. The highest BCUT2D eigenvalue weighted by atomic mass is 16.4. The molecule has 1 aromatic heterocycles. The van der Waals surface area contributed by atoms with Crippen LogP contribution in [-0.4, -0.2) is 16.0 Å². The van der Waals surface area contributed by atoms with Crippen LogP contribution in [0.25, 0.3) is 0 Å². The standard InChI is InChI=1S/C16H20N4O/c1-2-12-7-5-9-19-15(12)11-18-10-13-6-3-4-8-14(13)16(17)20-21/h3-9,18,21H,2,10-11H2,1H3,(H2,17,20). The van der Waals surface area contributed by atoms with Crippen molar-refractivity contribution >= 4 is 5.84 Å². The van der Waals surface area contributed by atoms with E-state index in [2.05, 4.69) is 28.4 Å². The van der Waals surface area contributed by atoms with E-state index in [-0.39, 0.29) is 5.84 Å². The van der Waals surface area contributed by atoms with Gasteiger partial charge in [0.1, 0.15) is 0 Å². The van der Waals surface area contributed by atoms with E-state index < -0.39 is 0 Å². The minimum absolute atomic E-state index is 0.125. The van der Waals surface area contributed by atoms with E-state index in [1.807, 2.05) is 30.3 Å². The van der Waals surface area contributed by atoms with Crippen molar-refractivity contribution in [3.05, 3.63) is 65.0 Å². The zero-order valence-electron chi connectivity index (χ0n) is 12.1. The molecule has 21 heavy (non-hydrogen) atoms. The van der Waals surface area contributed by atoms with Crippen LogP contribution in [-0.2, 0) is 19.5 Å². The van der Waals surface area contributed by atoms with Crippen LogP contribution >= 0.6 is 0 Å². The highest BCUT2D eigenvalue weighted by Crippen LogP contribution is 2.10. The average molecular weight is 284 g/mol. The first kappa shape index (κ1) is 15.0. The van der Waals surface area contributed by atoms with E-state index >= 15 is 0 Å². The Labute approximate surface area is 124 Å². The maximum Gasteiger partial charge on any atom is 0.170 e. The number of rotatable bonds is 6. The minimum atomic E-state index is 0.125. The molecule has 0 fully saturated rings. The summed E-state index contributed by atoms with van der Waals surface area (Å²) < 4.78 is 0. The predicted molar refractivity (Wildman–Crippen MR) is 83.1 cm³/mol. The number of hydrogen-bond donors (Lipinski definition) is 3. The lowest BCUT2D eigenvalue weighted by atomic mass is 10.1. The molecule has 1 aromatic carbocycles. The third-order valence-corrected chi connectivity index (χ3v) is 3.37. The second-order valence-electron chi connectivity index (χ2n) is 4.71. The second-order valence-corrected chi connectivity index (χ2v) is 4.71. The van der Waals surface area contributed by atoms with E-state index in [0.29, 0.717) is 13.1 Å². The molecule has 2 aromatic rings. The van der Waals surface area contributed by atoms with Gasteiger partial charge in [-0.15, -0.1) is 0 Å². The molecule has 0 amide bonds. The van der Waals surface area contributed by atoms with E-state index in [0.717, 1.165) is 23.2 Å². The van der Waals surface area contributed by atoms with Gasteiger partial charge in [0.2, 0.25) is 0 Å². The lowest BCUT2D eigenvalue weighted by Crippen LogP contribution is -2.20. The van der Waals surface area contributed by atoms with Crippen molar-refractivity contribution in [2.45, 2.75) is 26.4 Å². The van der Waals surface area contributed by atoms with Crippen LogP contribution in [0.3, 0.4) is 0 Å². The van der Waals surface area contributed by atoms with Crippen molar-refractivity contribution < 1.29 is 5.21 Å². The summed E-state index contributed by atoms with van der Waals surface area (Å²) in [5.41, 5.74) is 9.71. The van der Waals surface area contributed by atoms with Gasteiger partial charge in [0.15, 0.2) is 5.84 Å². The van der Waals surface area contributed by atoms with E-state index in [1.165, 1.54) is 5.56 Å². The van der Waals surface area contributed by atoms with Gasteiger partial charge in [-0.25, -0.2) is 0 Å². The van der Waals surface area contributed by atoms with Crippen LogP contribution in [0.4, 0.5) is 0 Å². The fourth-order valence-electron chi connectivity index (χ4n) is 2.25. The molecule has 2 rings (SSSR count). The summed E-state index contributed by atoms with van der Waals surface area (Å²) in [4.78, 5) is 4.40. The maximum atomic E-state index is 8.82. The topological polar surface area (TPSA) is 83.5 Å². The van der Waals surface area contributed by atoms with Crippen molar-refractivity contribution in [2.75, 3.05) is 0 Å². The molecule has 0 bridgehead atoms. The molecule has 0 atom stereocenters. The molecule has 0 aliphatic rings. The van der Waals surface area contributed by atoms with E-state index in [1.54, 1.807) is 6.20 Å². The number of aryl methyl sites for hydroxylation is 1. The molecule has 0 aliphatic heterocycles. The largest absolute Gasteiger partial charge is 0.409 e. The third-order valence-electron chi connectivity index (χ3n) is 3.37. The van der Waals surface area contributed by atoms with Gasteiger partial charge < -0.3 is 16.3 Å². The van der Waals surface area contributed by atoms with E-state index in [4.69, 9.17) is 10.9 Å². The van der Waals surface area contributed by atoms with Crippen molar-refractivity contribution in [3.63, 3.8) is 0 Å². The van der Waals surface area contributed by atoms with Crippen LogP contribution in [0.1, 0.15) is 29.3 Å². The van der Waals surface area contributed by atoms with Crippen molar-refractivity contribution in [3.8, 4) is 0 Å². The number of nitrogens with two attached hydrogens (primary N) is 1. The predicted octanol–water partition coefficient (Wildman–Crippen LogP) is 2.03. The summed E-state index contributed by atoms with van der Waals surface area (Å²) in [5, 5.41) is 15.2. The van der Waals surface area contributed by atoms with E-state index in [9.17, 15) is 0 Å². The van der Waals surface area contributed by atoms with Crippen LogP contribution in [0.15, 0.2) is 47.8 Å². The van der Waals surface area contributed by atoms with Gasteiger partial charge in [0, 0.05) is 24.8 Å². The highest BCUT2D eigenvalue weighted by molar-refractivity contribution is 5.98. The molecular formula is C16H20N4O. The lowest BCUT2D eigenvalue weighted by Gasteiger charge is -2.11. The van der Waals surface area contributed by atoms with Crippen molar-refractivity contribution in [1.82, 2.24) is 10.3 Å². The Morgan fingerprint density at radius 2 is 1.95 bits per heavy atom. The van der Waals surface area contributed by atoms with Gasteiger partial charge in [0.25, 0.3) is 0 Å². The number of nitrogens with one attached hydrogen (secondary N) is 1. The van der Waals surface area contributed by atoms with Crippen LogP contribution in [0.5, 0.6) is 0 Å². The Bertz CT molecular complexity index is 625. The summed E-state index contributed by atoms with van der Waals surface area (Å²) in [6, 6.07) is 11.6. The number of hydrogen-bond acceptors (Lipinski definition) is 4. The SMILES string of the molecule is CCc1cccnc1CNCc1ccccc1/C(N)=N/O. The number of amidine groups is 1. The molecule has 110 valence electrons. The molecule has 0 unspecified atom stereocenters. The summed E-state index contributed by atoms with van der Waals surface area (Å²) in [6.45, 7) is 3.44. The molecule has 0 aliphatic carbocycles. The molecule has 0 saturated carbocycles. The molecule has 0 radical (unpaired) electrons. The summed E-state index contributed by atoms with van der Waals surface area (Å²) in [6.07, 6.45) is 2.77. The molecule has 5 nitrogen and oxygen atoms in total. The number of aromatic nitrogens is 1. The number of pyridine rings is 1. The Hall–Kier alpha value is -2.40. The first-order chi connectivity index (χ1) is 10.3. The van der Waals surface area contributed by atoms with Gasteiger partial charge in [-0.3, -0.25) is 4.98 Å². The maximum absolute atomic E-state index is 8.82. The normalized spacial score (nSPS) is 11.6. The van der Waals surface area contributed by atoms with Gasteiger partial charge in [-0.2, -0.15) is 0 Å². The molecule has 0 spiro atoms. The fraction of sp³-hybridized carbons (Fsp3) is 0.250. The Kier molecular flexibility index (Phi) is 5.29. The van der Waals surface area contributed by atoms with Gasteiger partial charge in [-0.1, -0.05) is 42.4 Å². The second kappa shape index (κ2) is 7.40. The van der Waals surface area contributed by atoms with Gasteiger partial charge in [0.05, 0.1) is 5.69 Å². The molecule has 1 heterocycles. The third kappa shape index (κ3) is 3.79. The monoisotopic (exact) mass is 284 g/mol. The summed E-state index contributed by atoms with van der Waals surface area (Å²) >= 11 is 0. The Morgan fingerprint density at radius 3 is 2.71 bits per heavy atom. The fourth-order valence-corrected chi connectivity index (χ4v) is 2.25. The minimum Gasteiger partial charge on any atom is -0.409 e. The molecular weight excluding hydrogens is 264 g/mol. The summed E-state index contributed by atoms with van der Waals surface area (Å²) in [7, 11) is 0. The van der Waals surface area contributed by atoms with Gasteiger partial charge >= 0.3 is 0 Å². The molecule has 0 saturated heterocycles. The Balaban J connectivity index is 2.04. The molecule has 5 heteroatoms.